The van der Waals surface area contributed by atoms with Gasteiger partial charge in [-0.3, -0.25) is 4.79 Å². The Morgan fingerprint density at radius 2 is 2.31 bits per heavy atom. The monoisotopic (exact) mass is 263 g/mol. The molecule has 0 fully saturated rings. The van der Waals surface area contributed by atoms with Gasteiger partial charge in [0.1, 0.15) is 0 Å². The lowest BCUT2D eigenvalue weighted by Gasteiger charge is -2.08. The highest BCUT2D eigenvalue weighted by Gasteiger charge is 2.08. The SMILES string of the molecule is O=C(O)CC(O)CNCCc1ccc(Cl)s1. The second kappa shape index (κ2) is 6.85. The summed E-state index contributed by atoms with van der Waals surface area (Å²) in [5, 5.41) is 20.7. The van der Waals surface area contributed by atoms with E-state index in [4.69, 9.17) is 16.7 Å². The highest BCUT2D eigenvalue weighted by atomic mass is 35.5. The van der Waals surface area contributed by atoms with Gasteiger partial charge in [0.25, 0.3) is 0 Å². The molecule has 0 amide bonds. The van der Waals surface area contributed by atoms with Crippen LogP contribution in [0.3, 0.4) is 0 Å². The van der Waals surface area contributed by atoms with Gasteiger partial charge in [-0.25, -0.2) is 0 Å². The molecule has 1 aromatic rings. The van der Waals surface area contributed by atoms with E-state index in [0.717, 1.165) is 10.8 Å². The molecule has 1 rings (SSSR count). The Labute approximate surface area is 103 Å². The molecule has 0 bridgehead atoms. The number of carboxylic acids is 1. The van der Waals surface area contributed by atoms with Crippen LogP contribution in [0.15, 0.2) is 12.1 Å². The fourth-order valence-electron chi connectivity index (χ4n) is 1.24. The van der Waals surface area contributed by atoms with Gasteiger partial charge in [-0.15, -0.1) is 11.3 Å². The van der Waals surface area contributed by atoms with Crippen molar-refractivity contribution in [3.63, 3.8) is 0 Å². The van der Waals surface area contributed by atoms with E-state index < -0.39 is 12.1 Å². The van der Waals surface area contributed by atoms with Crippen LogP contribution in [0.25, 0.3) is 0 Å². The molecule has 4 nitrogen and oxygen atoms in total. The van der Waals surface area contributed by atoms with Gasteiger partial charge in [0, 0.05) is 18.0 Å². The quantitative estimate of drug-likeness (QED) is 0.650. The van der Waals surface area contributed by atoms with Crippen molar-refractivity contribution in [2.45, 2.75) is 18.9 Å². The number of halogens is 1. The first-order chi connectivity index (χ1) is 7.58. The van der Waals surface area contributed by atoms with Crippen molar-refractivity contribution in [3.8, 4) is 0 Å². The molecule has 0 aliphatic carbocycles. The predicted molar refractivity (Wildman–Crippen MR) is 64.2 cm³/mol. The number of aliphatic hydroxyl groups excluding tert-OH is 1. The molecule has 16 heavy (non-hydrogen) atoms. The van der Waals surface area contributed by atoms with E-state index in [2.05, 4.69) is 5.32 Å². The average molecular weight is 264 g/mol. The molecule has 0 aromatic carbocycles. The van der Waals surface area contributed by atoms with Crippen LogP contribution in [0.4, 0.5) is 0 Å². The van der Waals surface area contributed by atoms with Gasteiger partial charge in [0.15, 0.2) is 0 Å². The van der Waals surface area contributed by atoms with Crippen LogP contribution < -0.4 is 5.32 Å². The number of rotatable bonds is 7. The number of carbonyl (C=O) groups is 1. The fourth-order valence-corrected chi connectivity index (χ4v) is 2.33. The average Bonchev–Trinajstić information content (AvgIpc) is 2.58. The topological polar surface area (TPSA) is 69.6 Å². The van der Waals surface area contributed by atoms with Crippen molar-refractivity contribution < 1.29 is 15.0 Å². The first-order valence-corrected chi connectivity index (χ1v) is 6.12. The van der Waals surface area contributed by atoms with Crippen molar-refractivity contribution in [3.05, 3.63) is 21.3 Å². The Morgan fingerprint density at radius 1 is 1.56 bits per heavy atom. The lowest BCUT2D eigenvalue weighted by molar-refractivity contribution is -0.139. The Kier molecular flexibility index (Phi) is 5.76. The van der Waals surface area contributed by atoms with E-state index in [-0.39, 0.29) is 6.42 Å². The summed E-state index contributed by atoms with van der Waals surface area (Å²) < 4.78 is 0.765. The van der Waals surface area contributed by atoms with Crippen molar-refractivity contribution in [2.75, 3.05) is 13.1 Å². The maximum Gasteiger partial charge on any atom is 0.306 e. The number of aliphatic carboxylic acids is 1. The first-order valence-electron chi connectivity index (χ1n) is 4.92. The number of carboxylic acid groups (broad SMARTS) is 1. The minimum Gasteiger partial charge on any atom is -0.481 e. The number of thiophene rings is 1. The maximum atomic E-state index is 10.3. The predicted octanol–water partition coefficient (Wildman–Crippen LogP) is 1.37. The zero-order valence-corrected chi connectivity index (χ0v) is 10.2. The standard InChI is InChI=1S/C10H14ClNO3S/c11-9-2-1-8(16-9)3-4-12-6-7(13)5-10(14)15/h1-2,7,12-13H,3-6H2,(H,14,15). The highest BCUT2D eigenvalue weighted by Crippen LogP contribution is 2.21. The van der Waals surface area contributed by atoms with Crippen LogP contribution in [-0.2, 0) is 11.2 Å². The molecule has 1 aromatic heterocycles. The molecule has 1 heterocycles. The van der Waals surface area contributed by atoms with Crippen molar-refractivity contribution >= 4 is 28.9 Å². The Balaban J connectivity index is 2.10. The second-order valence-corrected chi connectivity index (χ2v) is 5.21. The third kappa shape index (κ3) is 5.46. The first kappa shape index (κ1) is 13.4. The number of hydrogen-bond donors (Lipinski definition) is 3. The number of nitrogens with one attached hydrogen (secondary N) is 1. The molecule has 0 spiro atoms. The second-order valence-electron chi connectivity index (χ2n) is 3.41. The molecular formula is C10H14ClNO3S. The summed E-state index contributed by atoms with van der Waals surface area (Å²) in [4.78, 5) is 11.4. The third-order valence-electron chi connectivity index (χ3n) is 1.97. The van der Waals surface area contributed by atoms with Gasteiger partial charge in [0.2, 0.25) is 0 Å². The van der Waals surface area contributed by atoms with Crippen molar-refractivity contribution in [1.82, 2.24) is 5.32 Å². The van der Waals surface area contributed by atoms with Crippen LogP contribution in [-0.4, -0.2) is 35.4 Å². The van der Waals surface area contributed by atoms with E-state index in [1.54, 1.807) is 0 Å². The van der Waals surface area contributed by atoms with E-state index >= 15 is 0 Å². The zero-order valence-electron chi connectivity index (χ0n) is 8.65. The molecule has 1 atom stereocenters. The lowest BCUT2D eigenvalue weighted by atomic mass is 10.2. The van der Waals surface area contributed by atoms with Gasteiger partial charge in [0.05, 0.1) is 16.9 Å². The molecule has 6 heteroatoms. The van der Waals surface area contributed by atoms with Gasteiger partial charge in [-0.05, 0) is 18.6 Å². The Bertz CT molecular complexity index is 343. The molecule has 0 aliphatic rings. The lowest BCUT2D eigenvalue weighted by Crippen LogP contribution is -2.29. The van der Waals surface area contributed by atoms with Gasteiger partial charge < -0.3 is 15.5 Å². The molecule has 0 saturated carbocycles. The van der Waals surface area contributed by atoms with Gasteiger partial charge in [-0.1, -0.05) is 11.6 Å². The van der Waals surface area contributed by atoms with Crippen LogP contribution in [0.1, 0.15) is 11.3 Å². The molecule has 90 valence electrons. The summed E-state index contributed by atoms with van der Waals surface area (Å²) in [6.45, 7) is 0.999. The van der Waals surface area contributed by atoms with Crippen LogP contribution in [0.5, 0.6) is 0 Å². The summed E-state index contributed by atoms with van der Waals surface area (Å²) in [7, 11) is 0. The molecule has 1 unspecified atom stereocenters. The van der Waals surface area contributed by atoms with E-state index in [1.807, 2.05) is 12.1 Å². The highest BCUT2D eigenvalue weighted by molar-refractivity contribution is 7.16. The smallest absolute Gasteiger partial charge is 0.306 e. The van der Waals surface area contributed by atoms with Crippen LogP contribution in [0, 0.1) is 0 Å². The number of aliphatic hydroxyl groups is 1. The number of hydrogen-bond acceptors (Lipinski definition) is 4. The molecule has 3 N–H and O–H groups in total. The van der Waals surface area contributed by atoms with E-state index in [1.165, 1.54) is 16.2 Å². The molecule has 0 saturated heterocycles. The minimum atomic E-state index is -0.987. The third-order valence-corrected chi connectivity index (χ3v) is 3.26. The summed E-state index contributed by atoms with van der Waals surface area (Å²) >= 11 is 7.30. The van der Waals surface area contributed by atoms with Crippen LogP contribution in [0.2, 0.25) is 4.34 Å². The summed E-state index contributed by atoms with van der Waals surface area (Å²) in [5.41, 5.74) is 0. The van der Waals surface area contributed by atoms with Crippen molar-refractivity contribution in [2.24, 2.45) is 0 Å². The normalized spacial score (nSPS) is 12.6. The molecule has 0 radical (unpaired) electrons. The molecule has 0 aliphatic heterocycles. The van der Waals surface area contributed by atoms with Gasteiger partial charge in [-0.2, -0.15) is 0 Å². The largest absolute Gasteiger partial charge is 0.481 e. The van der Waals surface area contributed by atoms with Gasteiger partial charge >= 0.3 is 5.97 Å². The summed E-state index contributed by atoms with van der Waals surface area (Å²) in [5.74, 6) is -0.987. The zero-order chi connectivity index (χ0) is 12.0. The minimum absolute atomic E-state index is 0.224. The maximum absolute atomic E-state index is 10.3. The Morgan fingerprint density at radius 3 is 2.88 bits per heavy atom. The van der Waals surface area contributed by atoms with E-state index in [0.29, 0.717) is 13.1 Å². The van der Waals surface area contributed by atoms with Crippen molar-refractivity contribution in [1.29, 1.82) is 0 Å². The van der Waals surface area contributed by atoms with E-state index in [9.17, 15) is 9.90 Å². The molecular weight excluding hydrogens is 250 g/mol. The Hall–Kier alpha value is -0.620. The summed E-state index contributed by atoms with van der Waals surface area (Å²) in [6.07, 6.45) is -0.223. The fraction of sp³-hybridized carbons (Fsp3) is 0.500. The van der Waals surface area contributed by atoms with Crippen LogP contribution >= 0.6 is 22.9 Å². The summed E-state index contributed by atoms with van der Waals surface area (Å²) in [6, 6.07) is 3.81.